The van der Waals surface area contributed by atoms with Crippen LogP contribution in [0.2, 0.25) is 0 Å². The van der Waals surface area contributed by atoms with Crippen LogP contribution in [0.15, 0.2) is 22.8 Å². The minimum absolute atomic E-state index is 0.248. The second-order valence-electron chi connectivity index (χ2n) is 4.37. The highest BCUT2D eigenvalue weighted by atomic mass is 16.3. The smallest absolute Gasteiger partial charge is 0.147 e. The van der Waals surface area contributed by atoms with Crippen molar-refractivity contribution in [2.45, 2.75) is 32.1 Å². The van der Waals surface area contributed by atoms with Crippen LogP contribution in [-0.2, 0) is 11.2 Å². The van der Waals surface area contributed by atoms with Gasteiger partial charge in [-0.05, 0) is 25.0 Å². The highest BCUT2D eigenvalue weighted by Gasteiger charge is 2.39. The van der Waals surface area contributed by atoms with Gasteiger partial charge in [-0.1, -0.05) is 12.8 Å². The Hall–Kier alpha value is -1.09. The first kappa shape index (κ1) is 10.4. The summed E-state index contributed by atoms with van der Waals surface area (Å²) in [7, 11) is 0. The molecule has 3 heteroatoms. The lowest BCUT2D eigenvalue weighted by Gasteiger charge is -2.24. The van der Waals surface area contributed by atoms with Gasteiger partial charge >= 0.3 is 0 Å². The summed E-state index contributed by atoms with van der Waals surface area (Å²) in [5, 5.41) is 0. The van der Waals surface area contributed by atoms with E-state index in [1.807, 2.05) is 12.1 Å². The van der Waals surface area contributed by atoms with Crippen molar-refractivity contribution in [3.63, 3.8) is 0 Å². The topological polar surface area (TPSA) is 56.2 Å². The molecule has 1 aliphatic carbocycles. The Labute approximate surface area is 89.6 Å². The first-order chi connectivity index (χ1) is 7.27. The van der Waals surface area contributed by atoms with Crippen LogP contribution in [0.25, 0.3) is 0 Å². The second-order valence-corrected chi connectivity index (χ2v) is 4.37. The molecular weight excluding hydrogens is 190 g/mol. The van der Waals surface area contributed by atoms with Gasteiger partial charge in [-0.3, -0.25) is 4.79 Å². The highest BCUT2D eigenvalue weighted by Crippen LogP contribution is 2.38. The van der Waals surface area contributed by atoms with E-state index in [0.717, 1.165) is 31.4 Å². The summed E-state index contributed by atoms with van der Waals surface area (Å²) in [6.45, 7) is 0.479. The summed E-state index contributed by atoms with van der Waals surface area (Å²) < 4.78 is 5.19. The van der Waals surface area contributed by atoms with Gasteiger partial charge in [0.2, 0.25) is 0 Å². The van der Waals surface area contributed by atoms with Crippen LogP contribution >= 0.6 is 0 Å². The summed E-state index contributed by atoms with van der Waals surface area (Å²) in [6.07, 6.45) is 6.14. The molecule has 1 fully saturated rings. The molecule has 0 aromatic carbocycles. The van der Waals surface area contributed by atoms with Crippen molar-refractivity contribution >= 4 is 5.78 Å². The zero-order chi connectivity index (χ0) is 10.7. The molecule has 0 bridgehead atoms. The van der Waals surface area contributed by atoms with E-state index in [1.54, 1.807) is 6.26 Å². The molecule has 1 aromatic heterocycles. The minimum Gasteiger partial charge on any atom is -0.469 e. The molecule has 3 nitrogen and oxygen atoms in total. The molecule has 0 saturated heterocycles. The molecule has 82 valence electrons. The van der Waals surface area contributed by atoms with Gasteiger partial charge in [0, 0.05) is 12.0 Å². The maximum atomic E-state index is 12.1. The number of Topliss-reactive ketones (excluding diaryl/α,β-unsaturated/α-hetero) is 1. The van der Waals surface area contributed by atoms with Gasteiger partial charge < -0.3 is 10.2 Å². The van der Waals surface area contributed by atoms with Crippen LogP contribution in [0.5, 0.6) is 0 Å². The third-order valence-electron chi connectivity index (χ3n) is 3.46. The zero-order valence-electron chi connectivity index (χ0n) is 8.87. The molecule has 0 amide bonds. The molecule has 1 aromatic rings. The average molecular weight is 207 g/mol. The van der Waals surface area contributed by atoms with Crippen LogP contribution in [0.4, 0.5) is 0 Å². The number of hydrogen-bond acceptors (Lipinski definition) is 3. The van der Waals surface area contributed by atoms with Crippen LogP contribution in [0, 0.1) is 5.41 Å². The first-order valence-corrected chi connectivity index (χ1v) is 5.53. The van der Waals surface area contributed by atoms with Crippen LogP contribution < -0.4 is 5.73 Å². The highest BCUT2D eigenvalue weighted by molar-refractivity contribution is 5.86. The predicted octanol–water partition coefficient (Wildman–Crippen LogP) is 1.91. The zero-order valence-corrected chi connectivity index (χ0v) is 8.87. The average Bonchev–Trinajstić information content (AvgIpc) is 2.87. The summed E-state index contributed by atoms with van der Waals surface area (Å²) in [6, 6.07) is 3.66. The molecule has 0 radical (unpaired) electrons. The van der Waals surface area contributed by atoms with Crippen molar-refractivity contribution in [3.8, 4) is 0 Å². The van der Waals surface area contributed by atoms with Gasteiger partial charge in [-0.2, -0.15) is 0 Å². The standard InChI is InChI=1S/C12H17NO2/c13-9-12(5-1-2-6-12)11(14)8-10-4-3-7-15-10/h3-4,7H,1-2,5-6,8-9,13H2. The SMILES string of the molecule is NCC1(C(=O)Cc2ccco2)CCCC1. The van der Waals surface area contributed by atoms with Gasteiger partial charge in [0.05, 0.1) is 12.7 Å². The van der Waals surface area contributed by atoms with Gasteiger partial charge in [-0.25, -0.2) is 0 Å². The number of ketones is 1. The lowest BCUT2D eigenvalue weighted by molar-refractivity contribution is -0.127. The maximum Gasteiger partial charge on any atom is 0.147 e. The van der Waals surface area contributed by atoms with Gasteiger partial charge in [-0.15, -0.1) is 0 Å². The Morgan fingerprint density at radius 1 is 1.47 bits per heavy atom. The number of carbonyl (C=O) groups excluding carboxylic acids is 1. The van der Waals surface area contributed by atoms with E-state index in [-0.39, 0.29) is 11.2 Å². The van der Waals surface area contributed by atoms with E-state index in [9.17, 15) is 4.79 Å². The Balaban J connectivity index is 2.06. The second kappa shape index (κ2) is 4.19. The lowest BCUT2D eigenvalue weighted by Crippen LogP contribution is -2.37. The predicted molar refractivity (Wildman–Crippen MR) is 57.4 cm³/mol. The normalized spacial score (nSPS) is 19.3. The van der Waals surface area contributed by atoms with Gasteiger partial charge in [0.25, 0.3) is 0 Å². The number of furan rings is 1. The Kier molecular flexibility index (Phi) is 2.91. The van der Waals surface area contributed by atoms with Gasteiger partial charge in [0.15, 0.2) is 0 Å². The molecule has 1 heterocycles. The lowest BCUT2D eigenvalue weighted by atomic mass is 9.80. The molecule has 2 rings (SSSR count). The molecule has 2 N–H and O–H groups in total. The molecule has 0 unspecified atom stereocenters. The molecular formula is C12H17NO2. The number of carbonyl (C=O) groups is 1. The molecule has 0 atom stereocenters. The Bertz CT molecular complexity index is 323. The molecule has 0 aliphatic heterocycles. The monoisotopic (exact) mass is 207 g/mol. The van der Waals surface area contributed by atoms with Crippen molar-refractivity contribution in [2.75, 3.05) is 6.54 Å². The molecule has 1 aliphatic rings. The summed E-state index contributed by atoms with van der Waals surface area (Å²) in [4.78, 5) is 12.1. The van der Waals surface area contributed by atoms with Crippen molar-refractivity contribution in [1.82, 2.24) is 0 Å². The number of hydrogen-bond donors (Lipinski definition) is 1. The van der Waals surface area contributed by atoms with Crippen LogP contribution in [0.1, 0.15) is 31.4 Å². The molecule has 0 spiro atoms. The van der Waals surface area contributed by atoms with E-state index >= 15 is 0 Å². The van der Waals surface area contributed by atoms with Crippen molar-refractivity contribution < 1.29 is 9.21 Å². The Morgan fingerprint density at radius 3 is 2.73 bits per heavy atom. The van der Waals surface area contributed by atoms with Gasteiger partial charge in [0.1, 0.15) is 11.5 Å². The number of nitrogens with two attached hydrogens (primary N) is 1. The van der Waals surface area contributed by atoms with Crippen molar-refractivity contribution in [3.05, 3.63) is 24.2 Å². The third-order valence-corrected chi connectivity index (χ3v) is 3.46. The fraction of sp³-hybridized carbons (Fsp3) is 0.583. The fourth-order valence-corrected chi connectivity index (χ4v) is 2.41. The van der Waals surface area contributed by atoms with Crippen molar-refractivity contribution in [1.29, 1.82) is 0 Å². The first-order valence-electron chi connectivity index (χ1n) is 5.53. The van der Waals surface area contributed by atoms with E-state index in [1.165, 1.54) is 0 Å². The van der Waals surface area contributed by atoms with E-state index < -0.39 is 0 Å². The summed E-state index contributed by atoms with van der Waals surface area (Å²) >= 11 is 0. The molecule has 15 heavy (non-hydrogen) atoms. The third kappa shape index (κ3) is 1.97. The van der Waals surface area contributed by atoms with Crippen molar-refractivity contribution in [2.24, 2.45) is 11.1 Å². The maximum absolute atomic E-state index is 12.1. The van der Waals surface area contributed by atoms with Crippen LogP contribution in [0.3, 0.4) is 0 Å². The Morgan fingerprint density at radius 2 is 2.20 bits per heavy atom. The number of rotatable bonds is 4. The quantitative estimate of drug-likeness (QED) is 0.820. The largest absolute Gasteiger partial charge is 0.469 e. The summed E-state index contributed by atoms with van der Waals surface area (Å²) in [5.41, 5.74) is 5.49. The van der Waals surface area contributed by atoms with Crippen LogP contribution in [-0.4, -0.2) is 12.3 Å². The fourth-order valence-electron chi connectivity index (χ4n) is 2.41. The minimum atomic E-state index is -0.257. The summed E-state index contributed by atoms with van der Waals surface area (Å²) in [5.74, 6) is 0.997. The van der Waals surface area contributed by atoms with E-state index in [2.05, 4.69) is 0 Å². The van der Waals surface area contributed by atoms with E-state index in [0.29, 0.717) is 13.0 Å². The molecule has 1 saturated carbocycles. The van der Waals surface area contributed by atoms with E-state index in [4.69, 9.17) is 10.2 Å².